The van der Waals surface area contributed by atoms with E-state index < -0.39 is 5.97 Å². The van der Waals surface area contributed by atoms with E-state index in [0.717, 1.165) is 19.5 Å². The van der Waals surface area contributed by atoms with Crippen LogP contribution in [0.25, 0.3) is 0 Å². The molecular formula is C9H9NO3S. The predicted molar refractivity (Wildman–Crippen MR) is 51.8 cm³/mol. The van der Waals surface area contributed by atoms with Crippen molar-refractivity contribution < 1.29 is 14.7 Å². The number of hydrogen-bond donors (Lipinski definition) is 1. The molecule has 1 aromatic rings. The number of carbonyl (C=O) groups excluding carboxylic acids is 1. The average molecular weight is 211 g/mol. The van der Waals surface area contributed by atoms with Crippen LogP contribution in [0, 0.1) is 0 Å². The van der Waals surface area contributed by atoms with Gasteiger partial charge in [0.2, 0.25) is 0 Å². The van der Waals surface area contributed by atoms with Gasteiger partial charge in [0.05, 0.1) is 11.1 Å². The summed E-state index contributed by atoms with van der Waals surface area (Å²) in [5.74, 6) is -1.19. The standard InChI is InChI=1S/C9H9NO3S/c11-8(10-2-1-3-10)6-4-14-5-7(6)9(12)13/h4-5H,1-3H2,(H,12,13). The molecule has 4 nitrogen and oxygen atoms in total. The lowest BCUT2D eigenvalue weighted by Crippen LogP contribution is -2.42. The van der Waals surface area contributed by atoms with Crippen LogP contribution in [0.4, 0.5) is 0 Å². The summed E-state index contributed by atoms with van der Waals surface area (Å²) < 4.78 is 0. The van der Waals surface area contributed by atoms with Gasteiger partial charge in [0, 0.05) is 23.8 Å². The molecule has 2 rings (SSSR count). The lowest BCUT2D eigenvalue weighted by Gasteiger charge is -2.30. The molecule has 1 saturated heterocycles. The SMILES string of the molecule is O=C(O)c1cscc1C(=O)N1CCC1. The number of thiophene rings is 1. The molecule has 0 aromatic carbocycles. The fourth-order valence-corrected chi connectivity index (χ4v) is 2.11. The summed E-state index contributed by atoms with van der Waals surface area (Å²) in [4.78, 5) is 24.1. The van der Waals surface area contributed by atoms with E-state index in [9.17, 15) is 9.59 Å². The van der Waals surface area contributed by atoms with Crippen LogP contribution in [0.5, 0.6) is 0 Å². The third kappa shape index (κ3) is 1.39. The molecule has 0 saturated carbocycles. The molecule has 0 atom stereocenters. The minimum Gasteiger partial charge on any atom is -0.478 e. The van der Waals surface area contributed by atoms with Gasteiger partial charge in [0.15, 0.2) is 0 Å². The molecule has 1 fully saturated rings. The van der Waals surface area contributed by atoms with Gasteiger partial charge in [-0.1, -0.05) is 0 Å². The van der Waals surface area contributed by atoms with Crippen LogP contribution in [0.3, 0.4) is 0 Å². The zero-order valence-corrected chi connectivity index (χ0v) is 8.21. The molecule has 1 aliphatic heterocycles. The Labute approximate surface area is 84.8 Å². The van der Waals surface area contributed by atoms with E-state index in [-0.39, 0.29) is 11.5 Å². The van der Waals surface area contributed by atoms with E-state index in [2.05, 4.69) is 0 Å². The summed E-state index contributed by atoms with van der Waals surface area (Å²) in [6, 6.07) is 0. The highest BCUT2D eigenvalue weighted by Crippen LogP contribution is 2.19. The van der Waals surface area contributed by atoms with Crippen LogP contribution in [0.1, 0.15) is 27.1 Å². The van der Waals surface area contributed by atoms with Crippen LogP contribution in [0.15, 0.2) is 10.8 Å². The molecule has 1 amide bonds. The Kier molecular flexibility index (Phi) is 2.25. The highest BCUT2D eigenvalue weighted by atomic mass is 32.1. The van der Waals surface area contributed by atoms with Crippen molar-refractivity contribution in [3.05, 3.63) is 21.9 Å². The monoisotopic (exact) mass is 211 g/mol. The molecule has 0 unspecified atom stereocenters. The Morgan fingerprint density at radius 2 is 1.93 bits per heavy atom. The van der Waals surface area contributed by atoms with Crippen LogP contribution < -0.4 is 0 Å². The molecule has 14 heavy (non-hydrogen) atoms. The second kappa shape index (κ2) is 3.42. The van der Waals surface area contributed by atoms with Gasteiger partial charge in [0.1, 0.15) is 0 Å². The van der Waals surface area contributed by atoms with Crippen molar-refractivity contribution in [1.29, 1.82) is 0 Å². The molecule has 0 bridgehead atoms. The molecule has 0 spiro atoms. The summed E-state index contributed by atoms with van der Waals surface area (Å²) in [6.07, 6.45) is 1.01. The second-order valence-corrected chi connectivity index (χ2v) is 3.89. The van der Waals surface area contributed by atoms with Crippen molar-refractivity contribution in [1.82, 2.24) is 4.90 Å². The van der Waals surface area contributed by atoms with Crippen LogP contribution >= 0.6 is 11.3 Å². The smallest absolute Gasteiger partial charge is 0.337 e. The van der Waals surface area contributed by atoms with Crippen molar-refractivity contribution in [3.8, 4) is 0 Å². The molecule has 5 heteroatoms. The van der Waals surface area contributed by atoms with Crippen LogP contribution in [-0.2, 0) is 0 Å². The van der Waals surface area contributed by atoms with Gasteiger partial charge in [-0.05, 0) is 6.42 Å². The molecule has 1 N–H and O–H groups in total. The van der Waals surface area contributed by atoms with Crippen molar-refractivity contribution >= 4 is 23.2 Å². The first kappa shape index (κ1) is 9.21. The Morgan fingerprint density at radius 3 is 2.43 bits per heavy atom. The minimum atomic E-state index is -1.03. The maximum absolute atomic E-state index is 11.7. The van der Waals surface area contributed by atoms with Gasteiger partial charge in [-0.3, -0.25) is 4.79 Å². The van der Waals surface area contributed by atoms with Gasteiger partial charge in [-0.15, -0.1) is 0 Å². The van der Waals surface area contributed by atoms with Gasteiger partial charge < -0.3 is 10.0 Å². The lowest BCUT2D eigenvalue weighted by molar-refractivity contribution is 0.0627. The number of likely N-dealkylation sites (tertiary alicyclic amines) is 1. The number of aromatic carboxylic acids is 1. The van der Waals surface area contributed by atoms with Crippen LogP contribution in [-0.4, -0.2) is 35.0 Å². The van der Waals surface area contributed by atoms with E-state index in [0.29, 0.717) is 5.56 Å². The number of hydrogen-bond acceptors (Lipinski definition) is 3. The fraction of sp³-hybridized carbons (Fsp3) is 0.333. The lowest BCUT2D eigenvalue weighted by atomic mass is 10.1. The molecular weight excluding hydrogens is 202 g/mol. The second-order valence-electron chi connectivity index (χ2n) is 3.15. The van der Waals surface area contributed by atoms with E-state index in [1.165, 1.54) is 16.7 Å². The molecule has 0 radical (unpaired) electrons. The molecule has 1 aromatic heterocycles. The van der Waals surface area contributed by atoms with E-state index in [1.807, 2.05) is 0 Å². The Hall–Kier alpha value is -1.36. The average Bonchev–Trinajstić information content (AvgIpc) is 2.47. The number of amides is 1. The zero-order valence-electron chi connectivity index (χ0n) is 7.40. The maximum atomic E-state index is 11.7. The normalized spacial score (nSPS) is 15.0. The zero-order chi connectivity index (χ0) is 10.1. The summed E-state index contributed by atoms with van der Waals surface area (Å²) in [5, 5.41) is 11.9. The minimum absolute atomic E-state index is 0.118. The molecule has 74 valence electrons. The third-order valence-corrected chi connectivity index (χ3v) is 3.01. The summed E-state index contributed by atoms with van der Waals surface area (Å²) in [6.45, 7) is 1.49. The van der Waals surface area contributed by atoms with Gasteiger partial charge in [-0.25, -0.2) is 4.79 Å². The molecule has 1 aliphatic rings. The third-order valence-electron chi connectivity index (χ3n) is 2.27. The van der Waals surface area contributed by atoms with Crippen molar-refractivity contribution in [2.45, 2.75) is 6.42 Å². The number of carbonyl (C=O) groups is 2. The number of carboxylic acids is 1. The van der Waals surface area contributed by atoms with E-state index in [4.69, 9.17) is 5.11 Å². The summed E-state index contributed by atoms with van der Waals surface area (Å²) >= 11 is 1.25. The predicted octanol–water partition coefficient (Wildman–Crippen LogP) is 1.29. The highest BCUT2D eigenvalue weighted by Gasteiger charge is 2.25. The number of carboxylic acid groups (broad SMARTS) is 1. The van der Waals surface area contributed by atoms with Gasteiger partial charge in [-0.2, -0.15) is 11.3 Å². The quantitative estimate of drug-likeness (QED) is 0.802. The van der Waals surface area contributed by atoms with E-state index >= 15 is 0 Å². The Bertz CT molecular complexity index is 381. The summed E-state index contributed by atoms with van der Waals surface area (Å²) in [5.41, 5.74) is 0.439. The molecule has 2 heterocycles. The first-order valence-corrected chi connectivity index (χ1v) is 5.23. The summed E-state index contributed by atoms with van der Waals surface area (Å²) in [7, 11) is 0. The largest absolute Gasteiger partial charge is 0.478 e. The Balaban J connectivity index is 2.26. The van der Waals surface area contributed by atoms with Crippen molar-refractivity contribution in [3.63, 3.8) is 0 Å². The van der Waals surface area contributed by atoms with Gasteiger partial charge in [0.25, 0.3) is 5.91 Å². The van der Waals surface area contributed by atoms with E-state index in [1.54, 1.807) is 10.3 Å². The topological polar surface area (TPSA) is 57.6 Å². The van der Waals surface area contributed by atoms with Gasteiger partial charge >= 0.3 is 5.97 Å². The van der Waals surface area contributed by atoms with Crippen molar-refractivity contribution in [2.75, 3.05) is 13.1 Å². The highest BCUT2D eigenvalue weighted by molar-refractivity contribution is 7.08. The van der Waals surface area contributed by atoms with Crippen molar-refractivity contribution in [2.24, 2.45) is 0 Å². The first-order valence-electron chi connectivity index (χ1n) is 4.29. The fourth-order valence-electron chi connectivity index (χ4n) is 1.32. The van der Waals surface area contributed by atoms with Crippen LogP contribution in [0.2, 0.25) is 0 Å². The molecule has 0 aliphatic carbocycles. The number of rotatable bonds is 2. The Morgan fingerprint density at radius 1 is 1.29 bits per heavy atom. The maximum Gasteiger partial charge on any atom is 0.337 e. The first-order chi connectivity index (χ1) is 6.70. The number of nitrogens with zero attached hydrogens (tertiary/aromatic N) is 1.